The van der Waals surface area contributed by atoms with Gasteiger partial charge in [-0.25, -0.2) is 9.97 Å². The summed E-state index contributed by atoms with van der Waals surface area (Å²) in [7, 11) is -4.91. The second kappa shape index (κ2) is 31.3. The van der Waals surface area contributed by atoms with E-state index in [0.29, 0.717) is 63.8 Å². The summed E-state index contributed by atoms with van der Waals surface area (Å²) in [5.41, 5.74) is 3.17. The number of esters is 2. The fourth-order valence-corrected chi connectivity index (χ4v) is 12.5. The summed E-state index contributed by atoms with van der Waals surface area (Å²) >= 11 is 6.22. The number of carbonyl (C=O) groups excluding carboxylic acids is 2. The maximum absolute atomic E-state index is 12.5. The lowest BCUT2D eigenvalue weighted by atomic mass is 9.66. The first-order chi connectivity index (χ1) is 40.0. The van der Waals surface area contributed by atoms with E-state index in [1.54, 1.807) is 16.9 Å². The molecule has 0 N–H and O–H groups in total. The second-order valence-corrected chi connectivity index (χ2v) is 52.6. The quantitative estimate of drug-likeness (QED) is 0.0172. The molecule has 0 saturated carbocycles. The number of fused-ring (bicyclic) bond motifs is 2. The lowest BCUT2D eigenvalue weighted by molar-refractivity contribution is -0.155. The Kier molecular flexibility index (Phi) is 26.6. The first kappa shape index (κ1) is 73.0. The molecule has 1 aliphatic heterocycles. The molecule has 4 aromatic rings. The van der Waals surface area contributed by atoms with Crippen LogP contribution in [0.2, 0.25) is 108 Å². The highest BCUT2D eigenvalue weighted by Gasteiger charge is 2.53. The molecular weight excluding hydrogens is 1180 g/mol. The molecule has 2 aliphatic carbocycles. The van der Waals surface area contributed by atoms with E-state index < -0.39 is 43.1 Å². The van der Waals surface area contributed by atoms with Crippen LogP contribution in [-0.4, -0.2) is 158 Å². The Labute approximate surface area is 525 Å². The van der Waals surface area contributed by atoms with Crippen molar-refractivity contribution in [3.8, 4) is 0 Å². The van der Waals surface area contributed by atoms with Gasteiger partial charge in [-0.05, 0) is 129 Å². The van der Waals surface area contributed by atoms with Crippen molar-refractivity contribution in [3.05, 3.63) is 65.1 Å². The first-order valence-electron chi connectivity index (χ1n) is 31.2. The number of allylic oxidation sites excluding steroid dienone is 4. The summed E-state index contributed by atoms with van der Waals surface area (Å²) in [6.45, 7) is 49.7. The van der Waals surface area contributed by atoms with Crippen LogP contribution in [0.4, 0.5) is 11.6 Å². The molecule has 0 bridgehead atoms. The third-order valence-electron chi connectivity index (χ3n) is 16.2. The Balaban J connectivity index is 0.000000247. The zero-order valence-corrected chi connectivity index (χ0v) is 61.1. The van der Waals surface area contributed by atoms with Gasteiger partial charge in [0.15, 0.2) is 11.3 Å². The van der Waals surface area contributed by atoms with Crippen molar-refractivity contribution in [1.82, 2.24) is 29.2 Å². The largest absolute Gasteiger partial charge is 0.490 e. The molecule has 2 unspecified atom stereocenters. The van der Waals surface area contributed by atoms with Crippen LogP contribution >= 0.6 is 11.6 Å². The van der Waals surface area contributed by atoms with E-state index in [1.807, 2.05) is 55.3 Å². The molecule has 5 heterocycles. The highest BCUT2D eigenvalue weighted by molar-refractivity contribution is 6.77. The number of ether oxygens (including phenoxy) is 6. The van der Waals surface area contributed by atoms with Crippen molar-refractivity contribution in [3.63, 3.8) is 0 Å². The van der Waals surface area contributed by atoms with Crippen LogP contribution in [0.1, 0.15) is 99.6 Å². The van der Waals surface area contributed by atoms with E-state index in [0.717, 1.165) is 110 Å². The lowest BCUT2D eigenvalue weighted by Crippen LogP contribution is -2.41. The molecule has 18 nitrogen and oxygen atoms in total. The van der Waals surface area contributed by atoms with E-state index in [2.05, 4.69) is 145 Å². The maximum Gasteiger partial charge on any atom is 0.490 e. The predicted octanol–water partition coefficient (Wildman–Crippen LogP) is 14.4. The SMILES string of the molecule is CCOC(=O)C1(C)CC=C(B2OC(C)(C)C(C)(C)O2)CC1.CCOC(=O)C1(C)CC=C(c2cc(N(COCC[Si](C)(C)C)COCC[Si](C)(C)C)n3nccc3n2)CC1.C[Si](C)(C)CCOCN(COCC[Si](C)(C)C)c1cc(Cl)nc2ccnn12. The maximum atomic E-state index is 12.5. The Hall–Kier alpha value is -3.76. The van der Waals surface area contributed by atoms with Crippen molar-refractivity contribution in [2.24, 2.45) is 10.8 Å². The number of halogens is 1. The predicted molar refractivity (Wildman–Crippen MR) is 361 cm³/mol. The van der Waals surface area contributed by atoms with Crippen molar-refractivity contribution in [2.45, 2.75) is 208 Å². The third-order valence-corrected chi connectivity index (χ3v) is 23.2. The summed E-state index contributed by atoms with van der Waals surface area (Å²) in [5, 5.41) is 9.37. The Morgan fingerprint density at radius 1 is 0.581 bits per heavy atom. The van der Waals surface area contributed by atoms with Crippen LogP contribution < -0.4 is 9.80 Å². The molecule has 0 aromatic carbocycles. The summed E-state index contributed by atoms with van der Waals surface area (Å²) in [4.78, 5) is 37.9. The number of hydrogen-bond acceptors (Lipinski definition) is 16. The van der Waals surface area contributed by atoms with Crippen LogP contribution in [0, 0.1) is 10.8 Å². The summed E-state index contributed by atoms with van der Waals surface area (Å²) in [5.74, 6) is 1.51. The van der Waals surface area contributed by atoms with Gasteiger partial charge in [-0.1, -0.05) is 102 Å². The molecule has 7 rings (SSSR count). The van der Waals surface area contributed by atoms with Crippen LogP contribution in [0.15, 0.2) is 54.3 Å². The van der Waals surface area contributed by atoms with Crippen LogP contribution in [-0.2, 0) is 47.3 Å². The van der Waals surface area contributed by atoms with Gasteiger partial charge in [0.2, 0.25) is 0 Å². The molecule has 0 amide bonds. The topological polar surface area (TPSA) is 175 Å². The van der Waals surface area contributed by atoms with E-state index in [9.17, 15) is 9.59 Å². The Bertz CT molecular complexity index is 2820. The van der Waals surface area contributed by atoms with Gasteiger partial charge in [0.25, 0.3) is 0 Å². The van der Waals surface area contributed by atoms with E-state index in [1.165, 1.54) is 0 Å². The minimum Gasteiger partial charge on any atom is -0.466 e. The summed E-state index contributed by atoms with van der Waals surface area (Å²) in [6, 6.07) is 12.1. The van der Waals surface area contributed by atoms with Gasteiger partial charge in [-0.15, -0.1) is 0 Å². The first-order valence-corrected chi connectivity index (χ1v) is 46.4. The molecule has 86 heavy (non-hydrogen) atoms. The Morgan fingerprint density at radius 3 is 1.33 bits per heavy atom. The number of aromatic nitrogens is 6. The zero-order chi connectivity index (χ0) is 63.9. The second-order valence-electron chi connectivity index (χ2n) is 29.7. The lowest BCUT2D eigenvalue weighted by Gasteiger charge is -2.32. The molecule has 24 heteroatoms. The number of nitrogens with zero attached hydrogens (tertiary/aromatic N) is 8. The molecule has 0 radical (unpaired) electrons. The van der Waals surface area contributed by atoms with Gasteiger partial charge >= 0.3 is 19.1 Å². The van der Waals surface area contributed by atoms with Gasteiger partial charge in [-0.2, -0.15) is 19.2 Å². The number of rotatable bonds is 28. The van der Waals surface area contributed by atoms with E-state index >= 15 is 0 Å². The highest BCUT2D eigenvalue weighted by atomic mass is 35.5. The van der Waals surface area contributed by atoms with E-state index in [4.69, 9.17) is 54.3 Å². The number of hydrogen-bond donors (Lipinski definition) is 0. The highest BCUT2D eigenvalue weighted by Crippen LogP contribution is 2.44. The average molecular weight is 1280 g/mol. The fourth-order valence-electron chi connectivity index (χ4n) is 9.30. The van der Waals surface area contributed by atoms with Crippen molar-refractivity contribution >= 4 is 91.5 Å². The molecule has 4 aromatic heterocycles. The normalized spacial score (nSPS) is 19.7. The number of anilines is 2. The molecule has 0 spiro atoms. The van der Waals surface area contributed by atoms with Gasteiger partial charge in [0.05, 0.1) is 53.3 Å². The molecule has 1 fully saturated rings. The number of carbonyl (C=O) groups is 2. The molecular formula is C62H108BClN8O10Si4. The minimum atomic E-state index is -1.19. The fraction of sp³-hybridized carbons (Fsp3) is 0.710. The van der Waals surface area contributed by atoms with Gasteiger partial charge in [-0.3, -0.25) is 9.59 Å². The smallest absolute Gasteiger partial charge is 0.466 e. The Morgan fingerprint density at radius 2 is 0.965 bits per heavy atom. The van der Waals surface area contributed by atoms with Gasteiger partial charge in [0, 0.05) is 83.0 Å². The van der Waals surface area contributed by atoms with Gasteiger partial charge in [0.1, 0.15) is 43.7 Å². The minimum absolute atomic E-state index is 0.103. The van der Waals surface area contributed by atoms with Crippen molar-refractivity contribution < 1.29 is 47.3 Å². The molecule has 2 atom stereocenters. The molecule has 1 saturated heterocycles. The summed E-state index contributed by atoms with van der Waals surface area (Å²) < 4.78 is 50.6. The monoisotopic (exact) mass is 1280 g/mol. The van der Waals surface area contributed by atoms with Crippen molar-refractivity contribution in [1.29, 1.82) is 0 Å². The van der Waals surface area contributed by atoms with Gasteiger partial charge < -0.3 is 47.5 Å². The van der Waals surface area contributed by atoms with Crippen LogP contribution in [0.3, 0.4) is 0 Å². The molecule has 482 valence electrons. The standard InChI is InChI=1S/C28H48N4O4Si2.C18H33ClN4O2Si2.C16H27BO4/c1-9-36-27(33)28(2)13-10-23(11-14-28)24-20-26(32-25(30-24)12-15-29-32)31(21-34-16-18-37(3,4)5)22-35-17-19-38(6,7)8;1-26(2,3)11-9-24-14-22(15-25-10-12-27(4,5)6)18-13-16(19)21-17-7-8-20-23(17)18;1-7-19-13(18)16(6)10-8-12(9-11-16)17-20-14(2,3)15(4,5)21-17/h10,12,15,20H,9,11,13-14,16-19,21-22H2,1-8H3;7-8,13H,9-12,14-15H2,1-6H3;8H,7,9-11H2,1-6H3. The van der Waals surface area contributed by atoms with Crippen LogP contribution in [0.5, 0.6) is 0 Å². The zero-order valence-electron chi connectivity index (χ0n) is 56.4. The summed E-state index contributed by atoms with van der Waals surface area (Å²) in [6.07, 6.45) is 12.2. The van der Waals surface area contributed by atoms with E-state index in [-0.39, 0.29) is 30.3 Å². The van der Waals surface area contributed by atoms with Crippen molar-refractivity contribution in [2.75, 3.05) is 76.4 Å². The molecule has 3 aliphatic rings. The third kappa shape index (κ3) is 22.6. The average Bonchev–Trinajstić information content (AvgIpc) is 1.73. The van der Waals surface area contributed by atoms with Crippen LogP contribution in [0.25, 0.3) is 16.9 Å².